The van der Waals surface area contributed by atoms with E-state index in [0.29, 0.717) is 17.0 Å². The highest BCUT2D eigenvalue weighted by atomic mass is 31.2. The van der Waals surface area contributed by atoms with Crippen LogP contribution in [0.15, 0.2) is 48.8 Å². The summed E-state index contributed by atoms with van der Waals surface area (Å²) >= 11 is 0. The molecular formula is C23H29FN5O6P. The number of carbonyl (C=O) groups excluding carboxylic acids is 1. The number of aromatic nitrogens is 3. The van der Waals surface area contributed by atoms with Crippen LogP contribution in [-0.4, -0.2) is 63.3 Å². The number of nitrogens with zero attached hydrogens (tertiary/aromatic N) is 3. The lowest BCUT2D eigenvalue weighted by atomic mass is 9.94. The summed E-state index contributed by atoms with van der Waals surface area (Å²) < 4.78 is 39.7. The molecule has 4 rings (SSSR count). The lowest BCUT2D eigenvalue weighted by molar-refractivity contribution is -0.144. The molecule has 1 fully saturated rings. The van der Waals surface area contributed by atoms with Crippen molar-refractivity contribution in [3.8, 4) is 5.75 Å². The molecule has 6 atom stereocenters. The van der Waals surface area contributed by atoms with Crippen LogP contribution in [0.5, 0.6) is 5.75 Å². The van der Waals surface area contributed by atoms with Gasteiger partial charge in [0.15, 0.2) is 12.0 Å². The van der Waals surface area contributed by atoms with Crippen LogP contribution in [0.3, 0.4) is 0 Å². The number of para-hydroxylation sites is 1. The van der Waals surface area contributed by atoms with Gasteiger partial charge in [-0.05, 0) is 45.0 Å². The molecule has 11 nitrogen and oxygen atoms in total. The first-order valence-electron chi connectivity index (χ1n) is 11.4. The number of fused-ring (bicyclic) bond motifs is 1. The van der Waals surface area contributed by atoms with Crippen LogP contribution in [0.2, 0.25) is 0 Å². The quantitative estimate of drug-likeness (QED) is 0.269. The Morgan fingerprint density at radius 3 is 2.83 bits per heavy atom. The molecule has 1 saturated heterocycles. The monoisotopic (exact) mass is 521 g/mol. The molecule has 6 unspecified atom stereocenters. The van der Waals surface area contributed by atoms with Crippen LogP contribution >= 0.6 is 8.53 Å². The van der Waals surface area contributed by atoms with Crippen LogP contribution in [0, 0.1) is 0 Å². The Balaban J connectivity index is 1.49. The molecule has 194 valence electrons. The number of nitrogens with two attached hydrogens (primary N) is 1. The zero-order valence-corrected chi connectivity index (χ0v) is 21.0. The van der Waals surface area contributed by atoms with Gasteiger partial charge in [-0.15, -0.1) is 0 Å². The third-order valence-electron chi connectivity index (χ3n) is 5.82. The van der Waals surface area contributed by atoms with Crippen LogP contribution in [-0.2, 0) is 24.4 Å². The fourth-order valence-electron chi connectivity index (χ4n) is 3.91. The van der Waals surface area contributed by atoms with Gasteiger partial charge in [0.25, 0.3) is 0 Å². The molecule has 4 N–H and O–H groups in total. The summed E-state index contributed by atoms with van der Waals surface area (Å²) in [6.07, 6.45) is -3.04. The third kappa shape index (κ3) is 5.28. The molecule has 13 heteroatoms. The maximum Gasteiger partial charge on any atom is 0.323 e. The highest BCUT2D eigenvalue weighted by Gasteiger charge is 2.55. The first kappa shape index (κ1) is 26.2. The number of alkyl halides is 1. The van der Waals surface area contributed by atoms with Crippen LogP contribution in [0.1, 0.15) is 26.5 Å². The molecule has 0 saturated carbocycles. The molecule has 0 amide bonds. The van der Waals surface area contributed by atoms with Crippen molar-refractivity contribution in [3.63, 3.8) is 0 Å². The zero-order valence-electron chi connectivity index (χ0n) is 20.1. The van der Waals surface area contributed by atoms with Crippen LogP contribution < -0.4 is 15.3 Å². The van der Waals surface area contributed by atoms with Crippen molar-refractivity contribution < 1.29 is 32.8 Å². The van der Waals surface area contributed by atoms with E-state index in [1.165, 1.54) is 17.8 Å². The van der Waals surface area contributed by atoms with Crippen LogP contribution in [0.25, 0.3) is 5.52 Å². The van der Waals surface area contributed by atoms with E-state index < -0.39 is 44.5 Å². The summed E-state index contributed by atoms with van der Waals surface area (Å²) in [5, 5.41) is 17.8. The van der Waals surface area contributed by atoms with Crippen molar-refractivity contribution in [1.29, 1.82) is 0 Å². The molecule has 1 aromatic carbocycles. The van der Waals surface area contributed by atoms with Gasteiger partial charge < -0.3 is 29.4 Å². The maximum atomic E-state index is 15.5. The number of nitrogen functional groups attached to an aromatic ring is 1. The number of esters is 1. The third-order valence-corrected chi connectivity index (χ3v) is 7.18. The Bertz CT molecular complexity index is 1190. The Morgan fingerprint density at radius 2 is 2.11 bits per heavy atom. The maximum absolute atomic E-state index is 15.5. The molecule has 36 heavy (non-hydrogen) atoms. The molecule has 2 aromatic heterocycles. The van der Waals surface area contributed by atoms with E-state index in [1.54, 1.807) is 50.2 Å². The topological polar surface area (TPSA) is 142 Å². The summed E-state index contributed by atoms with van der Waals surface area (Å²) in [5.74, 6) is 0.268. The number of ether oxygens (including phenoxy) is 2. The minimum absolute atomic E-state index is 0.210. The van der Waals surface area contributed by atoms with Gasteiger partial charge in [-0.25, -0.2) is 19.0 Å². The molecule has 0 aliphatic carbocycles. The summed E-state index contributed by atoms with van der Waals surface area (Å²) in [6.45, 7) is 4.88. The van der Waals surface area contributed by atoms with Gasteiger partial charge in [-0.1, -0.05) is 18.2 Å². The van der Waals surface area contributed by atoms with Gasteiger partial charge in [-0.2, -0.15) is 5.10 Å². The number of aliphatic hydroxyl groups excluding tert-OH is 1. The predicted octanol–water partition coefficient (Wildman–Crippen LogP) is 2.49. The zero-order chi connectivity index (χ0) is 25.9. The van der Waals surface area contributed by atoms with Crippen molar-refractivity contribution in [2.75, 3.05) is 18.9 Å². The fourth-order valence-corrected chi connectivity index (χ4v) is 5.11. The molecular weight excluding hydrogens is 492 g/mol. The minimum atomic E-state index is -1.88. The van der Waals surface area contributed by atoms with E-state index >= 15 is 4.39 Å². The summed E-state index contributed by atoms with van der Waals surface area (Å²) in [4.78, 5) is 16.1. The average Bonchev–Trinajstić information content (AvgIpc) is 3.40. The molecule has 1 aliphatic heterocycles. The fraction of sp³-hybridized carbons (Fsp3) is 0.435. The lowest BCUT2D eigenvalue weighted by Crippen LogP contribution is -2.36. The number of anilines is 1. The summed E-state index contributed by atoms with van der Waals surface area (Å²) in [7, 11) is -1.88. The number of rotatable bonds is 10. The van der Waals surface area contributed by atoms with Crippen molar-refractivity contribution in [2.45, 2.75) is 50.8 Å². The van der Waals surface area contributed by atoms with Gasteiger partial charge in [0.2, 0.25) is 0 Å². The Labute approximate surface area is 208 Å². The van der Waals surface area contributed by atoms with Crippen LogP contribution in [0.4, 0.5) is 10.2 Å². The number of halogens is 1. The van der Waals surface area contributed by atoms with E-state index in [9.17, 15) is 9.90 Å². The Kier molecular flexibility index (Phi) is 8.01. The first-order chi connectivity index (χ1) is 17.2. The molecule has 0 radical (unpaired) electrons. The van der Waals surface area contributed by atoms with Gasteiger partial charge in [0, 0.05) is 0 Å². The first-order valence-corrected chi connectivity index (χ1v) is 12.6. The SMILES string of the molecule is CCOC(=O)C(C)NP(OCC1OC(C)(c2ccc3c(N)ncnn23)C(F)C1O)Oc1ccccc1. The normalized spacial score (nSPS) is 25.5. The predicted molar refractivity (Wildman–Crippen MR) is 130 cm³/mol. The second-order valence-electron chi connectivity index (χ2n) is 8.38. The Hall–Kier alpha value is -2.89. The van der Waals surface area contributed by atoms with Crippen molar-refractivity contribution >= 4 is 25.8 Å². The van der Waals surface area contributed by atoms with Crippen molar-refractivity contribution in [1.82, 2.24) is 19.7 Å². The minimum Gasteiger partial charge on any atom is -0.465 e. The highest BCUT2D eigenvalue weighted by molar-refractivity contribution is 7.45. The highest BCUT2D eigenvalue weighted by Crippen LogP contribution is 2.44. The van der Waals surface area contributed by atoms with Crippen molar-refractivity contribution in [2.24, 2.45) is 0 Å². The Morgan fingerprint density at radius 1 is 1.36 bits per heavy atom. The van der Waals surface area contributed by atoms with E-state index in [2.05, 4.69) is 15.2 Å². The molecule has 0 spiro atoms. The number of hydrogen-bond acceptors (Lipinski definition) is 10. The number of nitrogens with one attached hydrogen (secondary N) is 1. The molecule has 3 heterocycles. The second kappa shape index (κ2) is 11.0. The smallest absolute Gasteiger partial charge is 0.323 e. The van der Waals surface area contributed by atoms with Gasteiger partial charge in [0.05, 0.1) is 18.9 Å². The molecule has 0 bridgehead atoms. The number of hydrogen-bond donors (Lipinski definition) is 3. The number of aliphatic hydroxyl groups is 1. The average molecular weight is 521 g/mol. The second-order valence-corrected chi connectivity index (χ2v) is 9.59. The van der Waals surface area contributed by atoms with Crippen molar-refractivity contribution in [3.05, 3.63) is 54.5 Å². The van der Waals surface area contributed by atoms with Gasteiger partial charge in [-0.3, -0.25) is 4.79 Å². The molecule has 1 aliphatic rings. The van der Waals surface area contributed by atoms with E-state index in [4.69, 9.17) is 24.3 Å². The largest absolute Gasteiger partial charge is 0.465 e. The number of benzene rings is 1. The molecule has 3 aromatic rings. The van der Waals surface area contributed by atoms with E-state index in [1.807, 2.05) is 6.07 Å². The van der Waals surface area contributed by atoms with E-state index in [-0.39, 0.29) is 19.0 Å². The summed E-state index contributed by atoms with van der Waals surface area (Å²) in [6, 6.07) is 11.4. The number of carbonyl (C=O) groups is 1. The van der Waals surface area contributed by atoms with Gasteiger partial charge >= 0.3 is 14.5 Å². The standard InChI is InChI=1S/C23H29FN5O6P/c1-4-32-22(31)14(2)28-36(35-15-8-6-5-7-9-15)33-12-17-19(30)20(24)23(3,34-17)18-11-10-16-21(25)26-13-27-29(16)18/h5-11,13-14,17,19-20,28,30H,4,12H2,1-3H3,(H2,25,26,27). The van der Waals surface area contributed by atoms with E-state index in [0.717, 1.165) is 0 Å². The summed E-state index contributed by atoms with van der Waals surface area (Å²) in [5.41, 5.74) is 5.23. The lowest BCUT2D eigenvalue weighted by Gasteiger charge is -2.26. The van der Waals surface area contributed by atoms with Gasteiger partial charge in [0.1, 0.15) is 41.4 Å².